The second kappa shape index (κ2) is 8.14. The smallest absolute Gasteiger partial charge is 0.275 e. The minimum Gasteiger partial charge on any atom is -0.489 e. The Labute approximate surface area is 147 Å². The van der Waals surface area contributed by atoms with Crippen molar-refractivity contribution in [1.82, 2.24) is 15.1 Å². The van der Waals surface area contributed by atoms with Gasteiger partial charge >= 0.3 is 0 Å². The number of carbonyl (C=O) groups is 1. The summed E-state index contributed by atoms with van der Waals surface area (Å²) < 4.78 is 20.4. The highest BCUT2D eigenvalue weighted by molar-refractivity contribution is 5.95. The van der Waals surface area contributed by atoms with E-state index in [1.165, 1.54) is 18.6 Å². The first-order valence-corrected chi connectivity index (χ1v) is 8.96. The Morgan fingerprint density at radius 2 is 2.00 bits per heavy atom. The number of nitrogens with zero attached hydrogens (tertiary/aromatic N) is 2. The van der Waals surface area contributed by atoms with Crippen molar-refractivity contribution in [3.8, 4) is 11.4 Å². The first-order valence-electron chi connectivity index (χ1n) is 8.96. The number of ether oxygens (including phenoxy) is 1. The van der Waals surface area contributed by atoms with E-state index in [2.05, 4.69) is 10.4 Å². The Balaban J connectivity index is 1.82. The van der Waals surface area contributed by atoms with Gasteiger partial charge in [0, 0.05) is 6.04 Å². The molecule has 0 atom stereocenters. The van der Waals surface area contributed by atoms with E-state index in [-0.39, 0.29) is 23.5 Å². The first kappa shape index (κ1) is 17.5. The van der Waals surface area contributed by atoms with Crippen LogP contribution < -0.4 is 10.1 Å². The van der Waals surface area contributed by atoms with Gasteiger partial charge in [0.05, 0.1) is 18.5 Å². The zero-order valence-corrected chi connectivity index (χ0v) is 14.5. The highest BCUT2D eigenvalue weighted by atomic mass is 19.1. The van der Waals surface area contributed by atoms with Crippen LogP contribution >= 0.6 is 0 Å². The molecule has 0 radical (unpaired) electrons. The van der Waals surface area contributed by atoms with Crippen molar-refractivity contribution < 1.29 is 13.9 Å². The van der Waals surface area contributed by atoms with Crippen LogP contribution in [-0.4, -0.2) is 28.3 Å². The lowest BCUT2D eigenvalue weighted by atomic mass is 9.95. The number of rotatable bonds is 6. The summed E-state index contributed by atoms with van der Waals surface area (Å²) in [7, 11) is 0. The third-order valence-electron chi connectivity index (χ3n) is 4.39. The van der Waals surface area contributed by atoms with E-state index < -0.39 is 0 Å². The van der Waals surface area contributed by atoms with E-state index in [9.17, 15) is 9.18 Å². The molecular formula is C19H24FN3O2. The van der Waals surface area contributed by atoms with Crippen molar-refractivity contribution >= 4 is 5.91 Å². The van der Waals surface area contributed by atoms with Crippen LogP contribution in [0.3, 0.4) is 0 Å². The molecule has 1 aromatic carbocycles. The zero-order valence-electron chi connectivity index (χ0n) is 14.5. The molecule has 1 aromatic heterocycles. The molecule has 3 rings (SSSR count). The summed E-state index contributed by atoms with van der Waals surface area (Å²) in [5, 5.41) is 7.46. The van der Waals surface area contributed by atoms with Crippen LogP contribution in [0, 0.1) is 5.82 Å². The van der Waals surface area contributed by atoms with Gasteiger partial charge in [0.15, 0.2) is 11.4 Å². The van der Waals surface area contributed by atoms with Gasteiger partial charge < -0.3 is 10.1 Å². The second-order valence-electron chi connectivity index (χ2n) is 6.42. The fourth-order valence-electron chi connectivity index (χ4n) is 3.06. The lowest BCUT2D eigenvalue weighted by Gasteiger charge is -2.22. The molecule has 1 fully saturated rings. The van der Waals surface area contributed by atoms with Gasteiger partial charge in [-0.1, -0.05) is 26.2 Å². The standard InChI is InChI=1S/C19H24FN3O2/c1-2-12-25-17-13-23(16-10-8-14(20)9-11-16)22-18(17)19(24)21-15-6-4-3-5-7-15/h8-11,13,15H,2-7,12H2,1H3,(H,21,24). The third kappa shape index (κ3) is 4.38. The lowest BCUT2D eigenvalue weighted by Crippen LogP contribution is -2.36. The molecule has 0 spiro atoms. The molecule has 1 saturated carbocycles. The maximum Gasteiger partial charge on any atom is 0.275 e. The summed E-state index contributed by atoms with van der Waals surface area (Å²) in [6.45, 7) is 2.52. The number of halogens is 1. The van der Waals surface area contributed by atoms with Gasteiger partial charge in [0.1, 0.15) is 5.82 Å². The third-order valence-corrected chi connectivity index (χ3v) is 4.39. The molecule has 6 heteroatoms. The van der Waals surface area contributed by atoms with Gasteiger partial charge in [-0.25, -0.2) is 9.07 Å². The van der Waals surface area contributed by atoms with Crippen LogP contribution in [0.15, 0.2) is 30.5 Å². The first-order chi connectivity index (χ1) is 12.2. The summed E-state index contributed by atoms with van der Waals surface area (Å²) >= 11 is 0. The topological polar surface area (TPSA) is 56.2 Å². The summed E-state index contributed by atoms with van der Waals surface area (Å²) in [6, 6.07) is 6.18. The average molecular weight is 345 g/mol. The average Bonchev–Trinajstić information content (AvgIpc) is 3.06. The zero-order chi connectivity index (χ0) is 17.6. The monoisotopic (exact) mass is 345 g/mol. The molecule has 5 nitrogen and oxygen atoms in total. The van der Waals surface area contributed by atoms with Gasteiger partial charge in [0.25, 0.3) is 5.91 Å². The predicted octanol–water partition coefficient (Wildman–Crippen LogP) is 3.86. The SMILES string of the molecule is CCCOc1cn(-c2ccc(F)cc2)nc1C(=O)NC1CCCCC1. The minimum atomic E-state index is -0.311. The van der Waals surface area contributed by atoms with E-state index in [1.807, 2.05) is 6.92 Å². The van der Waals surface area contributed by atoms with E-state index in [4.69, 9.17) is 4.74 Å². The summed E-state index contributed by atoms with van der Waals surface area (Å²) in [6.07, 6.45) is 8.06. The van der Waals surface area contributed by atoms with Crippen molar-refractivity contribution in [3.05, 3.63) is 42.0 Å². The van der Waals surface area contributed by atoms with Crippen LogP contribution in [-0.2, 0) is 0 Å². The number of amides is 1. The van der Waals surface area contributed by atoms with E-state index in [1.54, 1.807) is 23.0 Å². The van der Waals surface area contributed by atoms with Gasteiger partial charge in [-0.15, -0.1) is 0 Å². The quantitative estimate of drug-likeness (QED) is 0.865. The van der Waals surface area contributed by atoms with Crippen LogP contribution in [0.2, 0.25) is 0 Å². The number of hydrogen-bond donors (Lipinski definition) is 1. The van der Waals surface area contributed by atoms with Gasteiger partial charge in [-0.2, -0.15) is 5.10 Å². The maximum atomic E-state index is 13.1. The Bertz CT molecular complexity index is 706. The molecule has 1 amide bonds. The Morgan fingerprint density at radius 3 is 2.68 bits per heavy atom. The maximum absolute atomic E-state index is 13.1. The fourth-order valence-corrected chi connectivity index (χ4v) is 3.06. The molecule has 1 aliphatic rings. The van der Waals surface area contributed by atoms with Crippen molar-refractivity contribution in [2.75, 3.05) is 6.61 Å². The number of carbonyl (C=O) groups excluding carboxylic acids is 1. The number of aromatic nitrogens is 2. The Morgan fingerprint density at radius 1 is 1.28 bits per heavy atom. The number of benzene rings is 1. The van der Waals surface area contributed by atoms with Crippen molar-refractivity contribution in [1.29, 1.82) is 0 Å². The molecule has 0 bridgehead atoms. The van der Waals surface area contributed by atoms with Crippen molar-refractivity contribution in [2.45, 2.75) is 51.5 Å². The molecule has 0 saturated heterocycles. The molecule has 2 aromatic rings. The molecule has 25 heavy (non-hydrogen) atoms. The predicted molar refractivity (Wildman–Crippen MR) is 93.6 cm³/mol. The molecule has 134 valence electrons. The Kier molecular flexibility index (Phi) is 5.68. The van der Waals surface area contributed by atoms with Crippen LogP contribution in [0.5, 0.6) is 5.75 Å². The summed E-state index contributed by atoms with van der Waals surface area (Å²) in [5.41, 5.74) is 0.961. The van der Waals surface area contributed by atoms with Gasteiger partial charge in [-0.05, 0) is 43.5 Å². The van der Waals surface area contributed by atoms with E-state index in [0.29, 0.717) is 18.0 Å². The van der Waals surface area contributed by atoms with E-state index in [0.717, 1.165) is 32.1 Å². The fraction of sp³-hybridized carbons (Fsp3) is 0.474. The van der Waals surface area contributed by atoms with Crippen molar-refractivity contribution in [3.63, 3.8) is 0 Å². The molecule has 1 aliphatic carbocycles. The molecular weight excluding hydrogens is 321 g/mol. The second-order valence-corrected chi connectivity index (χ2v) is 6.42. The molecule has 1 N–H and O–H groups in total. The summed E-state index contributed by atoms with van der Waals surface area (Å²) in [4.78, 5) is 12.7. The van der Waals surface area contributed by atoms with Gasteiger partial charge in [0.2, 0.25) is 0 Å². The molecule has 0 unspecified atom stereocenters. The van der Waals surface area contributed by atoms with E-state index >= 15 is 0 Å². The van der Waals surface area contributed by atoms with Crippen LogP contribution in [0.1, 0.15) is 55.9 Å². The normalized spacial score (nSPS) is 15.1. The largest absolute Gasteiger partial charge is 0.489 e. The highest BCUT2D eigenvalue weighted by Gasteiger charge is 2.22. The van der Waals surface area contributed by atoms with Crippen LogP contribution in [0.4, 0.5) is 4.39 Å². The number of hydrogen-bond acceptors (Lipinski definition) is 3. The summed E-state index contributed by atoms with van der Waals surface area (Å²) in [5.74, 6) is -0.0630. The Hall–Kier alpha value is -2.37. The lowest BCUT2D eigenvalue weighted by molar-refractivity contribution is 0.0918. The molecule has 1 heterocycles. The van der Waals surface area contributed by atoms with Crippen molar-refractivity contribution in [2.24, 2.45) is 0 Å². The van der Waals surface area contributed by atoms with Gasteiger partial charge in [-0.3, -0.25) is 4.79 Å². The van der Waals surface area contributed by atoms with Crippen LogP contribution in [0.25, 0.3) is 5.69 Å². The highest BCUT2D eigenvalue weighted by Crippen LogP contribution is 2.22. The number of nitrogens with one attached hydrogen (secondary N) is 1. The molecule has 0 aliphatic heterocycles. The minimum absolute atomic E-state index is 0.205.